The molecule has 210 valence electrons. The molecule has 0 amide bonds. The summed E-state index contributed by atoms with van der Waals surface area (Å²) in [5, 5.41) is 1.93. The van der Waals surface area contributed by atoms with Crippen LogP contribution in [0.3, 0.4) is 0 Å². The Balaban J connectivity index is 1.55. The number of aryl methyl sites for hydroxylation is 2. The molecule has 0 radical (unpaired) electrons. The van der Waals surface area contributed by atoms with Crippen LogP contribution in [0.1, 0.15) is 95.7 Å². The predicted molar refractivity (Wildman–Crippen MR) is 167 cm³/mol. The van der Waals surface area contributed by atoms with Gasteiger partial charge in [-0.1, -0.05) is 71.2 Å². The van der Waals surface area contributed by atoms with Crippen LogP contribution in [0, 0.1) is 12.7 Å². The Morgan fingerprint density at radius 1 is 0.829 bits per heavy atom. The molecule has 3 aromatic carbocycles. The third-order valence-corrected chi connectivity index (χ3v) is 9.83. The van der Waals surface area contributed by atoms with E-state index in [4.69, 9.17) is 4.42 Å². The molecule has 2 nitrogen and oxygen atoms in total. The number of fused-ring (bicyclic) bond motifs is 4. The average Bonchev–Trinajstić information content (AvgIpc) is 3.40. The Morgan fingerprint density at radius 3 is 2.24 bits per heavy atom. The number of furan rings is 1. The van der Waals surface area contributed by atoms with Gasteiger partial charge >= 0.3 is 0 Å². The molecular weight excluding hydrogens is 505 g/mol. The molecule has 0 aliphatic heterocycles. The van der Waals surface area contributed by atoms with Crippen LogP contribution in [0.25, 0.3) is 44.3 Å². The fourth-order valence-corrected chi connectivity index (χ4v) is 8.37. The summed E-state index contributed by atoms with van der Waals surface area (Å²) in [4.78, 5) is 0. The highest BCUT2D eigenvalue weighted by molar-refractivity contribution is 6.13. The Labute approximate surface area is 244 Å². The molecule has 0 unspecified atom stereocenters. The molecule has 3 heteroatoms. The van der Waals surface area contributed by atoms with Crippen LogP contribution in [0.15, 0.2) is 65.2 Å². The van der Waals surface area contributed by atoms with Crippen molar-refractivity contribution in [3.05, 3.63) is 88.9 Å². The van der Waals surface area contributed by atoms with Gasteiger partial charge in [-0.15, -0.1) is 0 Å². The van der Waals surface area contributed by atoms with Gasteiger partial charge in [0, 0.05) is 24.3 Å². The third-order valence-electron chi connectivity index (χ3n) is 9.83. The van der Waals surface area contributed by atoms with E-state index < -0.39 is 5.89 Å². The average molecular weight is 548 g/mol. The lowest BCUT2D eigenvalue weighted by Gasteiger charge is -2.30. The molecular formula is C38H41FNO+. The van der Waals surface area contributed by atoms with Gasteiger partial charge < -0.3 is 4.42 Å². The highest BCUT2D eigenvalue weighted by Gasteiger charge is 2.46. The molecule has 0 saturated heterocycles. The monoisotopic (exact) mass is 547 g/mol. The summed E-state index contributed by atoms with van der Waals surface area (Å²) in [5.41, 5.74) is 9.39. The molecule has 1 fully saturated rings. The molecule has 0 N–H and O–H groups in total. The van der Waals surface area contributed by atoms with Crippen molar-refractivity contribution in [1.29, 1.82) is 0 Å². The van der Waals surface area contributed by atoms with Gasteiger partial charge in [0.2, 0.25) is 5.69 Å². The van der Waals surface area contributed by atoms with Crippen molar-refractivity contribution >= 4 is 21.9 Å². The van der Waals surface area contributed by atoms with Crippen LogP contribution in [0.2, 0.25) is 0 Å². The number of nitrogens with zero attached hydrogens (tertiary/aromatic N) is 1. The van der Waals surface area contributed by atoms with E-state index in [2.05, 4.69) is 69.5 Å². The van der Waals surface area contributed by atoms with Crippen LogP contribution in [0.5, 0.6) is 0 Å². The Hall–Kier alpha value is -3.46. The summed E-state index contributed by atoms with van der Waals surface area (Å²) in [7, 11) is 2.04. The number of rotatable bonds is 3. The van der Waals surface area contributed by atoms with Gasteiger partial charge in [0.05, 0.1) is 11.1 Å². The van der Waals surface area contributed by atoms with Crippen molar-refractivity contribution in [2.24, 2.45) is 7.05 Å². The molecule has 0 bridgehead atoms. The second-order valence-corrected chi connectivity index (χ2v) is 13.8. The van der Waals surface area contributed by atoms with Crippen LogP contribution < -0.4 is 4.57 Å². The quantitative estimate of drug-likeness (QED) is 0.205. The summed E-state index contributed by atoms with van der Waals surface area (Å²) >= 11 is 0. The SMILES string of the molecule is [2H]C1(c2ccc(-c3c(F)ccc4c3oc3c(-c5cccc[n+]5C)c(C)ccc34)c3c2C(C)(C)CC3(C)C)CCCCC1. The summed E-state index contributed by atoms with van der Waals surface area (Å²) < 4.78 is 34.8. The largest absolute Gasteiger partial charge is 0.454 e. The Kier molecular flexibility index (Phi) is 5.72. The van der Waals surface area contributed by atoms with E-state index in [1.807, 2.05) is 31.4 Å². The number of aromatic nitrogens is 1. The van der Waals surface area contributed by atoms with E-state index in [9.17, 15) is 1.37 Å². The molecule has 0 spiro atoms. The standard InChI is InChI=1S/C38H41FNO/c1-23-15-16-26-27-19-20-29(39)32(36(27)41-35(26)31(23)30-14-10-11-21-40(30)6)28-18-17-25(24-12-8-7-9-13-24)33-34(28)38(4,5)22-37(33,2)3/h10-11,14-21,24H,7-9,12-13,22H2,1-6H3/q+1/i24D. The first kappa shape index (κ1) is 25.3. The molecule has 2 aliphatic rings. The molecule has 2 aromatic heterocycles. The minimum absolute atomic E-state index is 0.111. The summed E-state index contributed by atoms with van der Waals surface area (Å²) in [6.07, 6.45) is 8.18. The van der Waals surface area contributed by atoms with E-state index in [1.54, 1.807) is 6.07 Å². The van der Waals surface area contributed by atoms with Gasteiger partial charge in [-0.25, -0.2) is 8.96 Å². The highest BCUT2D eigenvalue weighted by Crippen LogP contribution is 2.57. The van der Waals surface area contributed by atoms with Crippen molar-refractivity contribution < 1.29 is 14.7 Å². The van der Waals surface area contributed by atoms with E-state index in [-0.39, 0.29) is 16.6 Å². The second kappa shape index (κ2) is 9.28. The molecule has 2 aliphatic carbocycles. The third kappa shape index (κ3) is 3.99. The van der Waals surface area contributed by atoms with E-state index in [0.29, 0.717) is 11.1 Å². The lowest BCUT2D eigenvalue weighted by atomic mass is 9.74. The van der Waals surface area contributed by atoms with Crippen molar-refractivity contribution in [2.45, 2.75) is 89.9 Å². The number of halogens is 1. The Bertz CT molecular complexity index is 1890. The molecule has 7 rings (SSSR count). The van der Waals surface area contributed by atoms with Gasteiger partial charge in [0.15, 0.2) is 6.20 Å². The number of hydrogen-bond acceptors (Lipinski definition) is 1. The predicted octanol–water partition coefficient (Wildman–Crippen LogP) is 10.2. The van der Waals surface area contributed by atoms with Gasteiger partial charge in [0.1, 0.15) is 24.0 Å². The van der Waals surface area contributed by atoms with Gasteiger partial charge in [-0.05, 0) is 88.9 Å². The van der Waals surface area contributed by atoms with Crippen LogP contribution in [0.4, 0.5) is 4.39 Å². The van der Waals surface area contributed by atoms with Gasteiger partial charge in [-0.2, -0.15) is 0 Å². The van der Waals surface area contributed by atoms with Crippen LogP contribution in [-0.4, -0.2) is 0 Å². The zero-order chi connectivity index (χ0) is 29.6. The fourth-order valence-electron chi connectivity index (χ4n) is 8.37. The zero-order valence-electron chi connectivity index (χ0n) is 26.2. The smallest absolute Gasteiger partial charge is 0.216 e. The normalized spacial score (nSPS) is 19.4. The Morgan fingerprint density at radius 2 is 1.51 bits per heavy atom. The zero-order valence-corrected chi connectivity index (χ0v) is 25.2. The highest BCUT2D eigenvalue weighted by atomic mass is 19.1. The minimum atomic E-state index is -0.583. The first-order valence-electron chi connectivity index (χ1n) is 15.7. The summed E-state index contributed by atoms with van der Waals surface area (Å²) in [5.74, 6) is -0.848. The van der Waals surface area contributed by atoms with E-state index in [1.165, 1.54) is 17.5 Å². The van der Waals surface area contributed by atoms with E-state index >= 15 is 4.39 Å². The van der Waals surface area contributed by atoms with Crippen molar-refractivity contribution in [3.63, 3.8) is 0 Å². The first-order valence-corrected chi connectivity index (χ1v) is 15.2. The molecule has 5 aromatic rings. The van der Waals surface area contributed by atoms with Crippen molar-refractivity contribution in [3.8, 4) is 22.4 Å². The lowest BCUT2D eigenvalue weighted by molar-refractivity contribution is -0.660. The van der Waals surface area contributed by atoms with Gasteiger partial charge in [0.25, 0.3) is 0 Å². The second-order valence-electron chi connectivity index (χ2n) is 13.8. The lowest BCUT2D eigenvalue weighted by Crippen LogP contribution is -2.30. The molecule has 2 heterocycles. The van der Waals surface area contributed by atoms with Crippen LogP contribution in [-0.2, 0) is 17.9 Å². The first-order chi connectivity index (χ1) is 19.9. The fraction of sp³-hybridized carbons (Fsp3) is 0.395. The number of pyridine rings is 1. The molecule has 41 heavy (non-hydrogen) atoms. The maximum absolute atomic E-state index is 16.2. The van der Waals surface area contributed by atoms with Crippen molar-refractivity contribution in [1.82, 2.24) is 0 Å². The maximum atomic E-state index is 16.2. The van der Waals surface area contributed by atoms with Crippen molar-refractivity contribution in [2.75, 3.05) is 0 Å². The van der Waals surface area contributed by atoms with E-state index in [0.717, 1.165) is 76.4 Å². The summed E-state index contributed by atoms with van der Waals surface area (Å²) in [6, 6.07) is 18.2. The maximum Gasteiger partial charge on any atom is 0.216 e. The topological polar surface area (TPSA) is 17.0 Å². The van der Waals surface area contributed by atoms with Crippen LogP contribution >= 0.6 is 0 Å². The number of benzene rings is 3. The number of hydrogen-bond donors (Lipinski definition) is 0. The summed E-state index contributed by atoms with van der Waals surface area (Å²) in [6.45, 7) is 11.3. The molecule has 1 saturated carbocycles. The minimum Gasteiger partial charge on any atom is -0.454 e. The van der Waals surface area contributed by atoms with Gasteiger partial charge in [-0.3, -0.25) is 0 Å². The molecule has 0 atom stereocenters.